The Kier molecular flexibility index (Phi) is 4.75. The molecular weight excluding hydrogens is 378 g/mol. The second-order valence-corrected chi connectivity index (χ2v) is 6.76. The van der Waals surface area contributed by atoms with Crippen LogP contribution < -0.4 is 10.9 Å². The van der Waals surface area contributed by atoms with Crippen molar-refractivity contribution in [1.82, 2.24) is 19.3 Å². The first-order valence-electron chi connectivity index (χ1n) is 8.82. The average Bonchev–Trinajstić information content (AvgIpc) is 3.13. The van der Waals surface area contributed by atoms with E-state index in [-0.39, 0.29) is 11.3 Å². The molecule has 8 heteroatoms. The summed E-state index contributed by atoms with van der Waals surface area (Å²) in [6.45, 7) is 2.99. The van der Waals surface area contributed by atoms with Crippen molar-refractivity contribution in [2.75, 3.05) is 5.32 Å². The zero-order chi connectivity index (χ0) is 19.7. The number of fused-ring (bicyclic) bond motifs is 1. The molecule has 2 aromatic carbocycles. The minimum absolute atomic E-state index is 0.164. The Morgan fingerprint density at radius 2 is 1.82 bits per heavy atom. The first kappa shape index (κ1) is 18.1. The highest BCUT2D eigenvalue weighted by Crippen LogP contribution is 2.22. The third kappa shape index (κ3) is 3.44. The molecule has 0 unspecified atom stereocenters. The van der Waals surface area contributed by atoms with Gasteiger partial charge in [0.15, 0.2) is 5.52 Å². The highest BCUT2D eigenvalue weighted by molar-refractivity contribution is 6.30. The Morgan fingerprint density at radius 1 is 1.11 bits per heavy atom. The number of benzene rings is 2. The Hall–Kier alpha value is -3.32. The number of nitrogens with one attached hydrogen (secondary N) is 1. The van der Waals surface area contributed by atoms with E-state index in [1.807, 2.05) is 35.8 Å². The van der Waals surface area contributed by atoms with Gasteiger partial charge in [0.05, 0.1) is 18.3 Å². The van der Waals surface area contributed by atoms with E-state index in [4.69, 9.17) is 11.6 Å². The smallest absolute Gasteiger partial charge is 0.300 e. The summed E-state index contributed by atoms with van der Waals surface area (Å²) in [5.41, 5.74) is 2.53. The van der Waals surface area contributed by atoms with Crippen molar-refractivity contribution in [3.05, 3.63) is 75.7 Å². The zero-order valence-electron chi connectivity index (χ0n) is 15.1. The van der Waals surface area contributed by atoms with E-state index in [0.717, 1.165) is 5.56 Å². The topological polar surface area (TPSA) is 85.0 Å². The zero-order valence-corrected chi connectivity index (χ0v) is 15.9. The fourth-order valence-corrected chi connectivity index (χ4v) is 3.18. The molecule has 0 aliphatic carbocycles. The van der Waals surface area contributed by atoms with E-state index in [9.17, 15) is 9.90 Å². The van der Waals surface area contributed by atoms with Crippen LogP contribution >= 0.6 is 11.6 Å². The number of rotatable bonds is 5. The molecule has 4 rings (SSSR count). The minimum Gasteiger partial charge on any atom is -0.508 e. The van der Waals surface area contributed by atoms with Gasteiger partial charge in [-0.25, -0.2) is 0 Å². The van der Waals surface area contributed by atoms with Crippen LogP contribution in [0.1, 0.15) is 12.5 Å². The van der Waals surface area contributed by atoms with Crippen LogP contribution in [-0.4, -0.2) is 24.4 Å². The monoisotopic (exact) mass is 395 g/mol. The molecule has 0 bridgehead atoms. The summed E-state index contributed by atoms with van der Waals surface area (Å²) in [7, 11) is 0. The molecule has 0 aliphatic heterocycles. The molecule has 0 saturated carbocycles. The largest absolute Gasteiger partial charge is 0.508 e. The summed E-state index contributed by atoms with van der Waals surface area (Å²) in [5.74, 6) is 0.561. The molecule has 0 amide bonds. The van der Waals surface area contributed by atoms with Crippen molar-refractivity contribution < 1.29 is 5.11 Å². The van der Waals surface area contributed by atoms with Crippen molar-refractivity contribution in [1.29, 1.82) is 0 Å². The summed E-state index contributed by atoms with van der Waals surface area (Å²) in [5, 5.41) is 17.6. The number of aromatic nitrogens is 4. The fraction of sp³-hybridized carbons (Fsp3) is 0.150. The number of nitrogens with zero attached hydrogens (tertiary/aromatic N) is 4. The van der Waals surface area contributed by atoms with Gasteiger partial charge < -0.3 is 15.0 Å². The molecule has 0 fully saturated rings. The van der Waals surface area contributed by atoms with Crippen molar-refractivity contribution in [2.24, 2.45) is 0 Å². The first-order chi connectivity index (χ1) is 13.5. The molecule has 0 saturated heterocycles. The number of aromatic hydroxyl groups is 1. The number of phenols is 1. The quantitative estimate of drug-likeness (QED) is 0.502. The summed E-state index contributed by atoms with van der Waals surface area (Å²) in [6.07, 6.45) is 1.68. The molecule has 2 aromatic heterocycles. The van der Waals surface area contributed by atoms with Crippen LogP contribution in [0.25, 0.3) is 11.0 Å². The molecular formula is C20H18ClN5O2. The highest BCUT2D eigenvalue weighted by atomic mass is 35.5. The predicted octanol–water partition coefficient (Wildman–Crippen LogP) is 3.76. The number of phenolic OH excluding ortho intramolecular Hbond substituents is 1. The fourth-order valence-electron chi connectivity index (χ4n) is 3.06. The van der Waals surface area contributed by atoms with Gasteiger partial charge in [0, 0.05) is 17.3 Å². The second kappa shape index (κ2) is 7.36. The number of aryl methyl sites for hydroxylation is 1. The third-order valence-corrected chi connectivity index (χ3v) is 4.71. The summed E-state index contributed by atoms with van der Waals surface area (Å²) < 4.78 is 3.55. The van der Waals surface area contributed by atoms with E-state index < -0.39 is 0 Å². The molecule has 0 aliphatic rings. The van der Waals surface area contributed by atoms with Gasteiger partial charge in [-0.15, -0.1) is 0 Å². The Morgan fingerprint density at radius 3 is 2.50 bits per heavy atom. The predicted molar refractivity (Wildman–Crippen MR) is 109 cm³/mol. The van der Waals surface area contributed by atoms with Crippen LogP contribution in [0.3, 0.4) is 0 Å². The second-order valence-electron chi connectivity index (χ2n) is 6.32. The van der Waals surface area contributed by atoms with E-state index in [1.54, 1.807) is 35.1 Å². The summed E-state index contributed by atoms with van der Waals surface area (Å²) in [6, 6.07) is 14.1. The van der Waals surface area contributed by atoms with Crippen LogP contribution in [0.4, 0.5) is 11.6 Å². The minimum atomic E-state index is -0.344. The summed E-state index contributed by atoms with van der Waals surface area (Å²) >= 11 is 6.00. The SMILES string of the molecule is CCn1ncc2c1c(=O)nc(Nc1ccc(O)cc1)n2Cc1ccc(Cl)cc1. The van der Waals surface area contributed by atoms with Crippen LogP contribution in [0.2, 0.25) is 5.02 Å². The van der Waals surface area contributed by atoms with Crippen LogP contribution in [-0.2, 0) is 13.1 Å². The lowest BCUT2D eigenvalue weighted by atomic mass is 10.2. The molecule has 2 heterocycles. The Bertz CT molecular complexity index is 1180. The first-order valence-corrected chi connectivity index (χ1v) is 9.20. The van der Waals surface area contributed by atoms with Gasteiger partial charge in [0.1, 0.15) is 5.75 Å². The molecule has 0 atom stereocenters. The summed E-state index contributed by atoms with van der Waals surface area (Å²) in [4.78, 5) is 16.9. The van der Waals surface area contributed by atoms with Gasteiger partial charge in [-0.3, -0.25) is 9.48 Å². The maximum absolute atomic E-state index is 12.7. The Labute approximate surface area is 165 Å². The number of halogens is 1. The number of hydrogen-bond acceptors (Lipinski definition) is 5. The number of hydrogen-bond donors (Lipinski definition) is 2. The van der Waals surface area contributed by atoms with E-state index in [2.05, 4.69) is 15.4 Å². The van der Waals surface area contributed by atoms with Crippen molar-refractivity contribution in [3.63, 3.8) is 0 Å². The molecule has 2 N–H and O–H groups in total. The van der Waals surface area contributed by atoms with Gasteiger partial charge in [-0.1, -0.05) is 23.7 Å². The number of anilines is 2. The lowest BCUT2D eigenvalue weighted by Crippen LogP contribution is -2.20. The lowest BCUT2D eigenvalue weighted by molar-refractivity contribution is 0.475. The standard InChI is InChI=1S/C20H18ClN5O2/c1-2-26-18-17(11-22-26)25(12-13-3-5-14(21)6-4-13)20(24-19(18)28)23-15-7-9-16(27)10-8-15/h3-11,27H,2,12H2,1H3,(H,23,24,28). The van der Waals surface area contributed by atoms with Gasteiger partial charge in [0.25, 0.3) is 0 Å². The van der Waals surface area contributed by atoms with Crippen LogP contribution in [0.5, 0.6) is 5.75 Å². The highest BCUT2D eigenvalue weighted by Gasteiger charge is 2.16. The van der Waals surface area contributed by atoms with E-state index in [1.165, 1.54) is 0 Å². The molecule has 142 valence electrons. The van der Waals surface area contributed by atoms with Gasteiger partial charge in [-0.2, -0.15) is 10.1 Å². The van der Waals surface area contributed by atoms with E-state index >= 15 is 0 Å². The van der Waals surface area contributed by atoms with Crippen LogP contribution in [0.15, 0.2) is 59.5 Å². The lowest BCUT2D eigenvalue weighted by Gasteiger charge is -2.16. The van der Waals surface area contributed by atoms with E-state index in [0.29, 0.717) is 40.8 Å². The average molecular weight is 396 g/mol. The normalized spacial score (nSPS) is 11.1. The molecule has 0 radical (unpaired) electrons. The molecule has 4 aromatic rings. The maximum atomic E-state index is 12.7. The molecule has 7 nitrogen and oxygen atoms in total. The molecule has 0 spiro atoms. The van der Waals surface area contributed by atoms with Crippen LogP contribution in [0, 0.1) is 0 Å². The van der Waals surface area contributed by atoms with Gasteiger partial charge in [-0.05, 0) is 48.9 Å². The van der Waals surface area contributed by atoms with Crippen molar-refractivity contribution in [2.45, 2.75) is 20.0 Å². The molecule has 28 heavy (non-hydrogen) atoms. The van der Waals surface area contributed by atoms with Gasteiger partial charge >= 0.3 is 5.56 Å². The maximum Gasteiger partial charge on any atom is 0.300 e. The van der Waals surface area contributed by atoms with Gasteiger partial charge in [0.2, 0.25) is 5.95 Å². The third-order valence-electron chi connectivity index (χ3n) is 4.45. The Balaban J connectivity index is 1.85. The van der Waals surface area contributed by atoms with Crippen molar-refractivity contribution >= 4 is 34.3 Å². The van der Waals surface area contributed by atoms with Crippen molar-refractivity contribution in [3.8, 4) is 5.75 Å².